The highest BCUT2D eigenvalue weighted by molar-refractivity contribution is 5.29. The Morgan fingerprint density at radius 2 is 2.00 bits per heavy atom. The van der Waals surface area contributed by atoms with Gasteiger partial charge in [0.2, 0.25) is 0 Å². The van der Waals surface area contributed by atoms with E-state index in [1.165, 1.54) is 11.4 Å². The van der Waals surface area contributed by atoms with E-state index in [0.29, 0.717) is 0 Å². The highest BCUT2D eigenvalue weighted by atomic mass is 15.1. The quantitative estimate of drug-likeness (QED) is 0.661. The molecule has 0 saturated carbocycles. The molecule has 12 heavy (non-hydrogen) atoms. The Kier molecular flexibility index (Phi) is 1.54. The molecule has 0 saturated heterocycles. The van der Waals surface area contributed by atoms with E-state index in [1.807, 2.05) is 6.07 Å². The molecule has 1 N–H and O–H groups in total. The second-order valence-corrected chi connectivity index (χ2v) is 3.05. The number of H-pyrrole nitrogens is 1. The van der Waals surface area contributed by atoms with Crippen LogP contribution < -0.4 is 0 Å². The summed E-state index contributed by atoms with van der Waals surface area (Å²) in [4.78, 5) is 3.28. The highest BCUT2D eigenvalue weighted by Gasteiger charge is 1.99. The molecule has 62 valence electrons. The molecule has 2 nitrogen and oxygen atoms in total. The van der Waals surface area contributed by atoms with Crippen molar-refractivity contribution in [1.82, 2.24) is 9.55 Å². The smallest absolute Gasteiger partial charge is 0.114 e. The first kappa shape index (κ1) is 7.22. The average molecular weight is 160 g/mol. The molecule has 2 aromatic heterocycles. The summed E-state index contributed by atoms with van der Waals surface area (Å²) in [6.07, 6.45) is 2.06. The first-order valence-corrected chi connectivity index (χ1v) is 4.07. The molecule has 0 aliphatic heterocycles. The van der Waals surface area contributed by atoms with Crippen LogP contribution in [0.4, 0.5) is 0 Å². The van der Waals surface area contributed by atoms with Gasteiger partial charge in [0.25, 0.3) is 0 Å². The number of nitrogens with zero attached hydrogens (tertiary/aromatic N) is 1. The number of aryl methyl sites for hydroxylation is 2. The van der Waals surface area contributed by atoms with Gasteiger partial charge in [0.1, 0.15) is 5.82 Å². The van der Waals surface area contributed by atoms with E-state index in [4.69, 9.17) is 0 Å². The van der Waals surface area contributed by atoms with E-state index in [-0.39, 0.29) is 0 Å². The molecule has 2 aromatic rings. The van der Waals surface area contributed by atoms with Crippen molar-refractivity contribution < 1.29 is 0 Å². The molecule has 0 spiro atoms. The minimum absolute atomic E-state index is 1.13. The van der Waals surface area contributed by atoms with Gasteiger partial charge in [-0.2, -0.15) is 0 Å². The molecule has 0 radical (unpaired) electrons. The van der Waals surface area contributed by atoms with Crippen LogP contribution in [0.25, 0.3) is 5.82 Å². The zero-order valence-corrected chi connectivity index (χ0v) is 7.33. The van der Waals surface area contributed by atoms with E-state index in [0.717, 1.165) is 5.82 Å². The Morgan fingerprint density at radius 3 is 2.50 bits per heavy atom. The van der Waals surface area contributed by atoms with Gasteiger partial charge >= 0.3 is 0 Å². The summed E-state index contributed by atoms with van der Waals surface area (Å²) < 4.78 is 2.13. The van der Waals surface area contributed by atoms with E-state index in [2.05, 4.69) is 47.8 Å². The van der Waals surface area contributed by atoms with Crippen molar-refractivity contribution in [2.24, 2.45) is 0 Å². The third-order valence-electron chi connectivity index (χ3n) is 2.03. The number of nitrogens with one attached hydrogen (secondary N) is 1. The van der Waals surface area contributed by atoms with Crippen LogP contribution in [0, 0.1) is 13.8 Å². The number of hydrogen-bond donors (Lipinski definition) is 1. The maximum Gasteiger partial charge on any atom is 0.114 e. The van der Waals surface area contributed by atoms with Gasteiger partial charge in [0.05, 0.1) is 0 Å². The predicted octanol–water partition coefficient (Wildman–Crippen LogP) is 2.42. The Bertz CT molecular complexity index is 382. The van der Waals surface area contributed by atoms with Crippen molar-refractivity contribution in [3.05, 3.63) is 41.9 Å². The summed E-state index contributed by atoms with van der Waals surface area (Å²) in [5, 5.41) is 0. The minimum Gasteiger partial charge on any atom is -0.345 e. The summed E-state index contributed by atoms with van der Waals surface area (Å²) in [6, 6.07) is 8.30. The van der Waals surface area contributed by atoms with Gasteiger partial charge in [-0.05, 0) is 38.1 Å². The summed E-state index contributed by atoms with van der Waals surface area (Å²) in [7, 11) is 0. The monoisotopic (exact) mass is 160 g/mol. The van der Waals surface area contributed by atoms with Crippen LogP contribution in [0.3, 0.4) is 0 Å². The molecule has 2 heterocycles. The lowest BCUT2D eigenvalue weighted by molar-refractivity contribution is 0.968. The summed E-state index contributed by atoms with van der Waals surface area (Å²) in [5.74, 6) is 1.13. The lowest BCUT2D eigenvalue weighted by atomic mass is 10.5. The molecule has 0 bridgehead atoms. The van der Waals surface area contributed by atoms with Crippen molar-refractivity contribution in [1.29, 1.82) is 0 Å². The number of rotatable bonds is 1. The highest BCUT2D eigenvalue weighted by Crippen LogP contribution is 2.10. The molecule has 0 aliphatic carbocycles. The molecule has 2 rings (SSSR count). The number of hydrogen-bond acceptors (Lipinski definition) is 0. The molecule has 0 unspecified atom stereocenters. The fraction of sp³-hybridized carbons (Fsp3) is 0.200. The van der Waals surface area contributed by atoms with Gasteiger partial charge in [0, 0.05) is 17.6 Å². The maximum atomic E-state index is 3.28. The Hall–Kier alpha value is -1.44. The van der Waals surface area contributed by atoms with Crippen LogP contribution in [-0.4, -0.2) is 9.55 Å². The van der Waals surface area contributed by atoms with Gasteiger partial charge in [-0.3, -0.25) is 0 Å². The SMILES string of the molecule is Cc1ccc(-n2cccc2C)[nH]1. The van der Waals surface area contributed by atoms with E-state index in [1.54, 1.807) is 0 Å². The topological polar surface area (TPSA) is 20.7 Å². The fourth-order valence-electron chi connectivity index (χ4n) is 1.37. The summed E-state index contributed by atoms with van der Waals surface area (Å²) >= 11 is 0. The molecule has 2 heteroatoms. The fourth-order valence-corrected chi connectivity index (χ4v) is 1.37. The lowest BCUT2D eigenvalue weighted by Gasteiger charge is -2.01. The largest absolute Gasteiger partial charge is 0.345 e. The lowest BCUT2D eigenvalue weighted by Crippen LogP contribution is -1.93. The van der Waals surface area contributed by atoms with Crippen molar-refractivity contribution >= 4 is 0 Å². The summed E-state index contributed by atoms with van der Waals surface area (Å²) in [6.45, 7) is 4.15. The van der Waals surface area contributed by atoms with Crippen LogP contribution in [-0.2, 0) is 0 Å². The predicted molar refractivity (Wildman–Crippen MR) is 49.6 cm³/mol. The second kappa shape index (κ2) is 2.55. The molecular weight excluding hydrogens is 148 g/mol. The Balaban J connectivity index is 2.50. The molecule has 0 aromatic carbocycles. The van der Waals surface area contributed by atoms with Crippen LogP contribution >= 0.6 is 0 Å². The first-order chi connectivity index (χ1) is 5.77. The Labute approximate surface area is 71.8 Å². The molecular formula is C10H12N2. The van der Waals surface area contributed by atoms with Gasteiger partial charge in [0.15, 0.2) is 0 Å². The Morgan fingerprint density at radius 1 is 1.17 bits per heavy atom. The molecule has 0 amide bonds. The second-order valence-electron chi connectivity index (χ2n) is 3.05. The number of aromatic nitrogens is 2. The van der Waals surface area contributed by atoms with Crippen molar-refractivity contribution in [2.45, 2.75) is 13.8 Å². The third kappa shape index (κ3) is 1.05. The average Bonchev–Trinajstić information content (AvgIpc) is 2.58. The van der Waals surface area contributed by atoms with Crippen LogP contribution in [0.15, 0.2) is 30.5 Å². The van der Waals surface area contributed by atoms with Crippen LogP contribution in [0.1, 0.15) is 11.4 Å². The standard InChI is InChI=1S/C10H12N2/c1-8-5-6-10(11-8)12-7-3-4-9(12)2/h3-7,11H,1-2H3. The molecule has 0 aliphatic rings. The van der Waals surface area contributed by atoms with Crippen LogP contribution in [0.5, 0.6) is 0 Å². The molecule has 0 atom stereocenters. The van der Waals surface area contributed by atoms with Crippen molar-refractivity contribution in [2.75, 3.05) is 0 Å². The van der Waals surface area contributed by atoms with Crippen molar-refractivity contribution in [3.8, 4) is 5.82 Å². The van der Waals surface area contributed by atoms with E-state index in [9.17, 15) is 0 Å². The normalized spacial score (nSPS) is 10.5. The van der Waals surface area contributed by atoms with Gasteiger partial charge in [-0.1, -0.05) is 0 Å². The van der Waals surface area contributed by atoms with Gasteiger partial charge in [-0.25, -0.2) is 0 Å². The minimum atomic E-state index is 1.13. The van der Waals surface area contributed by atoms with Crippen LogP contribution in [0.2, 0.25) is 0 Å². The van der Waals surface area contributed by atoms with E-state index < -0.39 is 0 Å². The third-order valence-corrected chi connectivity index (χ3v) is 2.03. The zero-order chi connectivity index (χ0) is 8.55. The maximum absolute atomic E-state index is 3.28. The first-order valence-electron chi connectivity index (χ1n) is 4.07. The molecule has 0 fully saturated rings. The van der Waals surface area contributed by atoms with E-state index >= 15 is 0 Å². The zero-order valence-electron chi connectivity index (χ0n) is 7.33. The van der Waals surface area contributed by atoms with Crippen molar-refractivity contribution in [3.63, 3.8) is 0 Å². The van der Waals surface area contributed by atoms with Gasteiger partial charge < -0.3 is 9.55 Å². The van der Waals surface area contributed by atoms with Gasteiger partial charge in [-0.15, -0.1) is 0 Å². The summed E-state index contributed by atoms with van der Waals surface area (Å²) in [5.41, 5.74) is 2.44. The number of aromatic amines is 1.